The van der Waals surface area contributed by atoms with Crippen molar-refractivity contribution >= 4 is 16.7 Å². The SMILES string of the molecule is CC(C)CCn1c(=O)/c(=N/Nc2ccccc2)c(=O)n(-c2ccccc2)c2ccc(F)cc21. The molecule has 0 saturated carbocycles. The Morgan fingerprint density at radius 2 is 1.55 bits per heavy atom. The van der Waals surface area contributed by atoms with Crippen molar-refractivity contribution in [1.29, 1.82) is 0 Å². The largest absolute Gasteiger partial charge is 0.305 e. The zero-order chi connectivity index (χ0) is 23.4. The fraction of sp³-hybridized carbons (Fsp3) is 0.192. The van der Waals surface area contributed by atoms with Crippen molar-refractivity contribution in [3.05, 3.63) is 111 Å². The highest BCUT2D eigenvalue weighted by Gasteiger charge is 2.15. The van der Waals surface area contributed by atoms with Gasteiger partial charge >= 0.3 is 0 Å². The lowest BCUT2D eigenvalue weighted by molar-refractivity contribution is 0.515. The number of benzene rings is 3. The highest BCUT2D eigenvalue weighted by atomic mass is 19.1. The normalized spacial score (nSPS) is 11.8. The summed E-state index contributed by atoms with van der Waals surface area (Å²) in [5.41, 5.74) is 3.61. The molecule has 6 nitrogen and oxygen atoms in total. The number of hydrogen-bond donors (Lipinski definition) is 1. The van der Waals surface area contributed by atoms with Gasteiger partial charge in [0.25, 0.3) is 11.1 Å². The molecule has 0 bridgehead atoms. The zero-order valence-corrected chi connectivity index (χ0v) is 18.5. The Bertz CT molecular complexity index is 1460. The topological polar surface area (TPSA) is 68.4 Å². The third-order valence-corrected chi connectivity index (χ3v) is 5.34. The van der Waals surface area contributed by atoms with Crippen molar-refractivity contribution in [2.45, 2.75) is 26.8 Å². The molecular formula is C26H25FN4O2. The molecule has 1 heterocycles. The van der Waals surface area contributed by atoms with Crippen molar-refractivity contribution in [2.75, 3.05) is 5.43 Å². The maximum atomic E-state index is 14.3. The number of nitrogens with one attached hydrogen (secondary N) is 1. The highest BCUT2D eigenvalue weighted by Crippen LogP contribution is 2.17. The molecule has 0 amide bonds. The summed E-state index contributed by atoms with van der Waals surface area (Å²) in [5, 5.41) is 3.95. The van der Waals surface area contributed by atoms with Gasteiger partial charge in [-0.3, -0.25) is 19.6 Å². The van der Waals surface area contributed by atoms with Crippen LogP contribution in [0.4, 0.5) is 10.1 Å². The van der Waals surface area contributed by atoms with Gasteiger partial charge in [0.2, 0.25) is 5.36 Å². The Balaban J connectivity index is 2.13. The summed E-state index contributed by atoms with van der Waals surface area (Å²) >= 11 is 0. The quantitative estimate of drug-likeness (QED) is 0.452. The van der Waals surface area contributed by atoms with Crippen molar-refractivity contribution < 1.29 is 4.39 Å². The van der Waals surface area contributed by atoms with Crippen LogP contribution >= 0.6 is 0 Å². The molecule has 0 radical (unpaired) electrons. The average Bonchev–Trinajstić information content (AvgIpc) is 2.89. The first-order valence-electron chi connectivity index (χ1n) is 10.9. The zero-order valence-electron chi connectivity index (χ0n) is 18.5. The molecule has 168 valence electrons. The second-order valence-corrected chi connectivity index (χ2v) is 8.19. The summed E-state index contributed by atoms with van der Waals surface area (Å²) < 4.78 is 17.2. The first-order valence-corrected chi connectivity index (χ1v) is 10.9. The predicted octanol–water partition coefficient (Wildman–Crippen LogP) is 4.27. The van der Waals surface area contributed by atoms with E-state index in [0.29, 0.717) is 41.3 Å². The Morgan fingerprint density at radius 1 is 0.879 bits per heavy atom. The number of fused-ring (bicyclic) bond motifs is 1. The first-order chi connectivity index (χ1) is 16.0. The van der Waals surface area contributed by atoms with Crippen LogP contribution in [-0.4, -0.2) is 9.13 Å². The molecule has 0 aliphatic heterocycles. The third-order valence-electron chi connectivity index (χ3n) is 5.34. The molecule has 4 aromatic rings. The third kappa shape index (κ3) is 4.77. The summed E-state index contributed by atoms with van der Waals surface area (Å²) in [4.78, 5) is 27.3. The van der Waals surface area contributed by atoms with Crippen molar-refractivity contribution in [3.8, 4) is 5.69 Å². The number of halogens is 1. The second kappa shape index (κ2) is 9.65. The molecular weight excluding hydrogens is 419 g/mol. The van der Waals surface area contributed by atoms with Gasteiger partial charge in [-0.25, -0.2) is 4.39 Å². The summed E-state index contributed by atoms with van der Waals surface area (Å²) in [6.07, 6.45) is 0.681. The van der Waals surface area contributed by atoms with Crippen LogP contribution in [0.5, 0.6) is 0 Å². The maximum absolute atomic E-state index is 14.3. The fourth-order valence-electron chi connectivity index (χ4n) is 3.62. The van der Waals surface area contributed by atoms with Crippen LogP contribution in [0.15, 0.2) is 93.6 Å². The van der Waals surface area contributed by atoms with Crippen LogP contribution < -0.4 is 21.9 Å². The Labute approximate surface area is 190 Å². The molecule has 0 spiro atoms. The molecule has 1 N–H and O–H groups in total. The van der Waals surface area contributed by atoms with E-state index in [-0.39, 0.29) is 5.36 Å². The number of hydrogen-bond acceptors (Lipinski definition) is 4. The van der Waals surface area contributed by atoms with Gasteiger partial charge < -0.3 is 4.57 Å². The summed E-state index contributed by atoms with van der Waals surface area (Å²) in [7, 11) is 0. The van der Waals surface area contributed by atoms with Crippen LogP contribution in [0.1, 0.15) is 20.3 Å². The lowest BCUT2D eigenvalue weighted by Gasteiger charge is -2.11. The van der Waals surface area contributed by atoms with E-state index in [1.807, 2.05) is 38.1 Å². The minimum atomic E-state index is -0.588. The molecule has 0 aliphatic rings. The molecule has 0 saturated heterocycles. The molecule has 7 heteroatoms. The van der Waals surface area contributed by atoms with Crippen LogP contribution in [0.3, 0.4) is 0 Å². The lowest BCUT2D eigenvalue weighted by Crippen LogP contribution is -2.45. The van der Waals surface area contributed by atoms with Gasteiger partial charge in [0, 0.05) is 12.2 Å². The Kier molecular flexibility index (Phi) is 6.49. The summed E-state index contributed by atoms with van der Waals surface area (Å²) in [6, 6.07) is 22.1. The molecule has 0 fully saturated rings. The minimum Gasteiger partial charge on any atom is -0.305 e. The van der Waals surface area contributed by atoms with E-state index >= 15 is 0 Å². The summed E-state index contributed by atoms with van der Waals surface area (Å²) in [6.45, 7) is 4.41. The average molecular weight is 445 g/mol. The van der Waals surface area contributed by atoms with Crippen molar-refractivity contribution in [1.82, 2.24) is 9.13 Å². The molecule has 3 aromatic carbocycles. The Hall–Kier alpha value is -4.00. The molecule has 0 unspecified atom stereocenters. The summed E-state index contributed by atoms with van der Waals surface area (Å²) in [5.74, 6) is -0.179. The van der Waals surface area contributed by atoms with Gasteiger partial charge in [0.1, 0.15) is 5.82 Å². The lowest BCUT2D eigenvalue weighted by atomic mass is 10.1. The van der Waals surface area contributed by atoms with Gasteiger partial charge in [-0.2, -0.15) is 5.10 Å². The minimum absolute atomic E-state index is 0.275. The Morgan fingerprint density at radius 3 is 2.21 bits per heavy atom. The van der Waals surface area contributed by atoms with Crippen LogP contribution in [-0.2, 0) is 6.54 Å². The monoisotopic (exact) mass is 444 g/mol. The number of anilines is 1. The number of para-hydroxylation sites is 2. The van der Waals surface area contributed by atoms with E-state index < -0.39 is 16.9 Å². The van der Waals surface area contributed by atoms with Crippen LogP contribution in [0.25, 0.3) is 16.7 Å². The standard InChI is InChI=1S/C26H25FN4O2/c1-18(2)15-16-30-23-17-19(27)13-14-22(23)31(21-11-7-4-8-12-21)26(33)24(25(30)32)29-28-20-9-5-3-6-10-20/h3-14,17-18,28H,15-16H2,1-2H3/b29-24-. The van der Waals surface area contributed by atoms with Crippen LogP contribution in [0, 0.1) is 11.7 Å². The number of aromatic nitrogens is 2. The number of aryl methyl sites for hydroxylation is 1. The van der Waals surface area contributed by atoms with E-state index in [4.69, 9.17) is 0 Å². The predicted molar refractivity (Wildman–Crippen MR) is 129 cm³/mol. The van der Waals surface area contributed by atoms with Gasteiger partial charge in [-0.1, -0.05) is 50.2 Å². The highest BCUT2D eigenvalue weighted by molar-refractivity contribution is 5.76. The van der Waals surface area contributed by atoms with E-state index in [1.54, 1.807) is 36.4 Å². The van der Waals surface area contributed by atoms with Gasteiger partial charge in [0.15, 0.2) is 0 Å². The fourth-order valence-corrected chi connectivity index (χ4v) is 3.62. The van der Waals surface area contributed by atoms with Crippen molar-refractivity contribution in [2.24, 2.45) is 11.0 Å². The van der Waals surface area contributed by atoms with E-state index in [9.17, 15) is 14.0 Å². The molecule has 0 atom stereocenters. The molecule has 0 aliphatic carbocycles. The maximum Gasteiger partial charge on any atom is 0.289 e. The number of nitrogens with zero attached hydrogens (tertiary/aromatic N) is 3. The molecule has 1 aromatic heterocycles. The van der Waals surface area contributed by atoms with Gasteiger partial charge in [0.05, 0.1) is 16.7 Å². The molecule has 33 heavy (non-hydrogen) atoms. The van der Waals surface area contributed by atoms with Crippen molar-refractivity contribution in [3.63, 3.8) is 0 Å². The smallest absolute Gasteiger partial charge is 0.289 e. The van der Waals surface area contributed by atoms with E-state index in [0.717, 1.165) is 0 Å². The second-order valence-electron chi connectivity index (χ2n) is 8.19. The van der Waals surface area contributed by atoms with Gasteiger partial charge in [-0.15, -0.1) is 0 Å². The first kappa shape index (κ1) is 22.2. The van der Waals surface area contributed by atoms with Crippen LogP contribution in [0.2, 0.25) is 0 Å². The number of rotatable bonds is 6. The molecule has 4 rings (SSSR count). The van der Waals surface area contributed by atoms with E-state index in [2.05, 4.69) is 10.5 Å². The van der Waals surface area contributed by atoms with E-state index in [1.165, 1.54) is 27.3 Å². The van der Waals surface area contributed by atoms with Gasteiger partial charge in [-0.05, 0) is 54.8 Å².